The second-order valence-corrected chi connectivity index (χ2v) is 4.82. The number of hydrogen-bond acceptors (Lipinski definition) is 3. The lowest BCUT2D eigenvalue weighted by Crippen LogP contribution is -2.27. The molecule has 3 nitrogen and oxygen atoms in total. The lowest BCUT2D eigenvalue weighted by molar-refractivity contribution is 0.456. The van der Waals surface area contributed by atoms with Crippen LogP contribution < -0.4 is 5.32 Å². The third kappa shape index (κ3) is 3.70. The Kier molecular flexibility index (Phi) is 4.38. The molecule has 2 aromatic rings. The average molecular weight is 254 g/mol. The van der Waals surface area contributed by atoms with E-state index < -0.39 is 0 Å². The largest absolute Gasteiger partial charge is 0.469 e. The van der Waals surface area contributed by atoms with E-state index in [0.29, 0.717) is 11.6 Å². The molecule has 1 aromatic heterocycles. The molecule has 1 heterocycles. The molecule has 1 aromatic carbocycles. The minimum Gasteiger partial charge on any atom is -0.469 e. The predicted octanol–water partition coefficient (Wildman–Crippen LogP) is 3.18. The highest BCUT2D eigenvalue weighted by Gasteiger charge is 2.06. The lowest BCUT2D eigenvalue weighted by atomic mass is 10.1. The van der Waals surface area contributed by atoms with Crippen LogP contribution >= 0.6 is 0 Å². The standard InChI is InChI=1S/C16H18N2O/c1-12-8-14(10-17)5-6-15(12)11-18-13(2)9-16-4-3-7-19-16/h3-8,13,18H,9,11H2,1-2H3. The van der Waals surface area contributed by atoms with Gasteiger partial charge >= 0.3 is 0 Å². The smallest absolute Gasteiger partial charge is 0.105 e. The van der Waals surface area contributed by atoms with Crippen LogP contribution in [0.15, 0.2) is 41.0 Å². The van der Waals surface area contributed by atoms with Gasteiger partial charge in [0.05, 0.1) is 17.9 Å². The first kappa shape index (κ1) is 13.4. The quantitative estimate of drug-likeness (QED) is 0.891. The highest BCUT2D eigenvalue weighted by molar-refractivity contribution is 5.37. The molecule has 1 N–H and O–H groups in total. The Balaban J connectivity index is 1.90. The van der Waals surface area contributed by atoms with Crippen molar-refractivity contribution < 1.29 is 4.42 Å². The maximum Gasteiger partial charge on any atom is 0.105 e. The summed E-state index contributed by atoms with van der Waals surface area (Å²) in [6.07, 6.45) is 2.58. The van der Waals surface area contributed by atoms with Crippen LogP contribution in [0.1, 0.15) is 29.4 Å². The summed E-state index contributed by atoms with van der Waals surface area (Å²) in [7, 11) is 0. The van der Waals surface area contributed by atoms with E-state index in [1.807, 2.05) is 37.3 Å². The minimum atomic E-state index is 0.348. The summed E-state index contributed by atoms with van der Waals surface area (Å²) in [6.45, 7) is 4.98. The van der Waals surface area contributed by atoms with Crippen molar-refractivity contribution in [1.29, 1.82) is 5.26 Å². The molecule has 1 atom stereocenters. The van der Waals surface area contributed by atoms with E-state index in [1.165, 1.54) is 5.56 Å². The van der Waals surface area contributed by atoms with Crippen LogP contribution in [0, 0.1) is 18.3 Å². The number of furan rings is 1. The first-order valence-corrected chi connectivity index (χ1v) is 6.44. The number of benzene rings is 1. The molecule has 0 spiro atoms. The Hall–Kier alpha value is -2.05. The molecule has 19 heavy (non-hydrogen) atoms. The van der Waals surface area contributed by atoms with Gasteiger partial charge in [0.25, 0.3) is 0 Å². The average Bonchev–Trinajstić information content (AvgIpc) is 2.90. The summed E-state index contributed by atoms with van der Waals surface area (Å²) < 4.78 is 5.33. The fourth-order valence-electron chi connectivity index (χ4n) is 2.05. The maximum atomic E-state index is 8.84. The second kappa shape index (κ2) is 6.21. The molecule has 0 aliphatic carbocycles. The summed E-state index contributed by atoms with van der Waals surface area (Å²) in [5.41, 5.74) is 3.09. The second-order valence-electron chi connectivity index (χ2n) is 4.82. The molecule has 0 saturated heterocycles. The van der Waals surface area contributed by atoms with E-state index in [1.54, 1.807) is 6.26 Å². The molecular weight excluding hydrogens is 236 g/mol. The van der Waals surface area contributed by atoms with Crippen LogP contribution in [0.2, 0.25) is 0 Å². The molecule has 0 radical (unpaired) electrons. The number of rotatable bonds is 5. The highest BCUT2D eigenvalue weighted by atomic mass is 16.3. The molecule has 2 rings (SSSR count). The maximum absolute atomic E-state index is 8.84. The molecule has 0 fully saturated rings. The summed E-state index contributed by atoms with van der Waals surface area (Å²) in [4.78, 5) is 0. The van der Waals surface area contributed by atoms with Crippen LogP contribution in [0.5, 0.6) is 0 Å². The topological polar surface area (TPSA) is 49.0 Å². The van der Waals surface area contributed by atoms with Crippen molar-refractivity contribution in [1.82, 2.24) is 5.32 Å². The first-order chi connectivity index (χ1) is 9.19. The van der Waals surface area contributed by atoms with Crippen molar-refractivity contribution in [3.63, 3.8) is 0 Å². The SMILES string of the molecule is Cc1cc(C#N)ccc1CNC(C)Cc1ccco1. The van der Waals surface area contributed by atoms with Crippen LogP contribution in [0.25, 0.3) is 0 Å². The first-order valence-electron chi connectivity index (χ1n) is 6.44. The van der Waals surface area contributed by atoms with Gasteiger partial charge in [0.1, 0.15) is 5.76 Å². The number of nitrogens with one attached hydrogen (secondary N) is 1. The Morgan fingerprint density at radius 2 is 2.21 bits per heavy atom. The van der Waals surface area contributed by atoms with Gasteiger partial charge in [-0.1, -0.05) is 6.07 Å². The highest BCUT2D eigenvalue weighted by Crippen LogP contribution is 2.11. The van der Waals surface area contributed by atoms with Gasteiger partial charge in [-0.2, -0.15) is 5.26 Å². The van der Waals surface area contributed by atoms with Gasteiger partial charge in [0.2, 0.25) is 0 Å². The molecule has 98 valence electrons. The molecule has 0 amide bonds. The monoisotopic (exact) mass is 254 g/mol. The minimum absolute atomic E-state index is 0.348. The zero-order chi connectivity index (χ0) is 13.7. The van der Waals surface area contributed by atoms with E-state index >= 15 is 0 Å². The predicted molar refractivity (Wildman–Crippen MR) is 74.6 cm³/mol. The molecule has 1 unspecified atom stereocenters. The van der Waals surface area contributed by atoms with Gasteiger partial charge in [-0.25, -0.2) is 0 Å². The summed E-state index contributed by atoms with van der Waals surface area (Å²) in [5.74, 6) is 0.997. The van der Waals surface area contributed by atoms with Gasteiger partial charge in [-0.05, 0) is 49.2 Å². The summed E-state index contributed by atoms with van der Waals surface area (Å²) in [5, 5.41) is 12.3. The van der Waals surface area contributed by atoms with Crippen molar-refractivity contribution in [2.45, 2.75) is 32.9 Å². The Bertz CT molecular complexity index is 567. The molecule has 3 heteroatoms. The Morgan fingerprint density at radius 3 is 2.84 bits per heavy atom. The number of aryl methyl sites for hydroxylation is 1. The van der Waals surface area contributed by atoms with Gasteiger partial charge in [-0.3, -0.25) is 0 Å². The fourth-order valence-corrected chi connectivity index (χ4v) is 2.05. The van der Waals surface area contributed by atoms with Gasteiger partial charge in [0, 0.05) is 19.0 Å². The molecule has 0 aliphatic rings. The van der Waals surface area contributed by atoms with Crippen molar-refractivity contribution in [2.75, 3.05) is 0 Å². The fraction of sp³-hybridized carbons (Fsp3) is 0.312. The van der Waals surface area contributed by atoms with Crippen molar-refractivity contribution in [3.8, 4) is 6.07 Å². The zero-order valence-electron chi connectivity index (χ0n) is 11.3. The molecule has 0 saturated carbocycles. The van der Waals surface area contributed by atoms with Crippen molar-refractivity contribution in [3.05, 3.63) is 59.0 Å². The number of hydrogen-bond donors (Lipinski definition) is 1. The normalized spacial score (nSPS) is 12.1. The summed E-state index contributed by atoms with van der Waals surface area (Å²) in [6, 6.07) is 12.2. The molecule has 0 aliphatic heterocycles. The van der Waals surface area contributed by atoms with E-state index in [4.69, 9.17) is 9.68 Å². The van der Waals surface area contributed by atoms with E-state index in [-0.39, 0.29) is 0 Å². The lowest BCUT2D eigenvalue weighted by Gasteiger charge is -2.14. The van der Waals surface area contributed by atoms with E-state index in [0.717, 1.165) is 24.3 Å². The summed E-state index contributed by atoms with van der Waals surface area (Å²) >= 11 is 0. The van der Waals surface area contributed by atoms with Crippen LogP contribution in [-0.2, 0) is 13.0 Å². The molecular formula is C16H18N2O. The third-order valence-electron chi connectivity index (χ3n) is 3.20. The van der Waals surface area contributed by atoms with Crippen LogP contribution in [0.4, 0.5) is 0 Å². The Morgan fingerprint density at radius 1 is 1.37 bits per heavy atom. The van der Waals surface area contributed by atoms with E-state index in [9.17, 15) is 0 Å². The van der Waals surface area contributed by atoms with Gasteiger partial charge in [0.15, 0.2) is 0 Å². The molecule has 0 bridgehead atoms. The van der Waals surface area contributed by atoms with E-state index in [2.05, 4.69) is 18.3 Å². The van der Waals surface area contributed by atoms with Gasteiger partial charge < -0.3 is 9.73 Å². The van der Waals surface area contributed by atoms with Gasteiger partial charge in [-0.15, -0.1) is 0 Å². The number of nitrogens with zero attached hydrogens (tertiary/aromatic N) is 1. The zero-order valence-corrected chi connectivity index (χ0v) is 11.3. The third-order valence-corrected chi connectivity index (χ3v) is 3.20. The van der Waals surface area contributed by atoms with Crippen LogP contribution in [0.3, 0.4) is 0 Å². The number of nitriles is 1. The Labute approximate surface area is 113 Å². The van der Waals surface area contributed by atoms with Crippen molar-refractivity contribution >= 4 is 0 Å². The van der Waals surface area contributed by atoms with Crippen molar-refractivity contribution in [2.24, 2.45) is 0 Å². The van der Waals surface area contributed by atoms with Crippen LogP contribution in [-0.4, -0.2) is 6.04 Å².